The predicted molar refractivity (Wildman–Crippen MR) is 108 cm³/mol. The standard InChI is InChI=1S/C18H16N6O4S/c19-15(27)14-17(29-18(23-14)22-12-2-1-7-20-8-12)24-16(28)10-3-5-11(6-4-10)21-13(26)9-25/h1-8,25H,9H2,(H2,19,27)(H,21,26)(H,22,23)(H,24,28). The number of carbonyl (C=O) groups is 3. The molecular formula is C18H16N6O4S. The van der Waals surface area contributed by atoms with Crippen LogP contribution in [0.4, 0.5) is 21.5 Å². The predicted octanol–water partition coefficient (Wildman–Crippen LogP) is 1.56. The van der Waals surface area contributed by atoms with Crippen LogP contribution in [0.25, 0.3) is 0 Å². The lowest BCUT2D eigenvalue weighted by atomic mass is 10.2. The number of amides is 3. The third-order valence-electron chi connectivity index (χ3n) is 3.57. The highest BCUT2D eigenvalue weighted by molar-refractivity contribution is 7.20. The van der Waals surface area contributed by atoms with Gasteiger partial charge >= 0.3 is 0 Å². The highest BCUT2D eigenvalue weighted by Crippen LogP contribution is 2.30. The van der Waals surface area contributed by atoms with Crippen molar-refractivity contribution < 1.29 is 19.5 Å². The van der Waals surface area contributed by atoms with Gasteiger partial charge in [0.05, 0.1) is 11.9 Å². The monoisotopic (exact) mass is 412 g/mol. The second-order valence-corrected chi connectivity index (χ2v) is 6.66. The molecule has 0 saturated heterocycles. The van der Waals surface area contributed by atoms with Gasteiger partial charge in [-0.25, -0.2) is 4.98 Å². The van der Waals surface area contributed by atoms with Gasteiger partial charge in [-0.05, 0) is 36.4 Å². The molecule has 0 unspecified atom stereocenters. The number of aromatic nitrogens is 2. The molecule has 10 nitrogen and oxygen atoms in total. The summed E-state index contributed by atoms with van der Waals surface area (Å²) in [6, 6.07) is 9.51. The van der Waals surface area contributed by atoms with Crippen LogP contribution in [0.3, 0.4) is 0 Å². The second kappa shape index (κ2) is 8.91. The molecule has 0 spiro atoms. The number of benzene rings is 1. The molecule has 0 aliphatic carbocycles. The lowest BCUT2D eigenvalue weighted by Crippen LogP contribution is -2.18. The third kappa shape index (κ3) is 5.12. The normalized spacial score (nSPS) is 10.2. The molecular weight excluding hydrogens is 396 g/mol. The van der Waals surface area contributed by atoms with Crippen LogP contribution < -0.4 is 21.7 Å². The van der Waals surface area contributed by atoms with E-state index in [0.717, 1.165) is 11.3 Å². The minimum Gasteiger partial charge on any atom is -0.387 e. The number of rotatable bonds is 7. The van der Waals surface area contributed by atoms with E-state index in [1.54, 1.807) is 24.5 Å². The molecule has 1 aromatic carbocycles. The van der Waals surface area contributed by atoms with E-state index in [0.29, 0.717) is 16.5 Å². The van der Waals surface area contributed by atoms with Gasteiger partial charge in [-0.2, -0.15) is 0 Å². The zero-order valence-corrected chi connectivity index (χ0v) is 15.7. The summed E-state index contributed by atoms with van der Waals surface area (Å²) >= 11 is 1.05. The van der Waals surface area contributed by atoms with E-state index in [9.17, 15) is 14.4 Å². The Morgan fingerprint density at radius 3 is 2.45 bits per heavy atom. The van der Waals surface area contributed by atoms with E-state index >= 15 is 0 Å². The van der Waals surface area contributed by atoms with Crippen molar-refractivity contribution in [2.75, 3.05) is 22.6 Å². The summed E-state index contributed by atoms with van der Waals surface area (Å²) in [5.74, 6) is -1.83. The van der Waals surface area contributed by atoms with Crippen molar-refractivity contribution in [3.63, 3.8) is 0 Å². The smallest absolute Gasteiger partial charge is 0.270 e. The molecule has 0 fully saturated rings. The Hall–Kier alpha value is -3.83. The summed E-state index contributed by atoms with van der Waals surface area (Å²) in [5.41, 5.74) is 6.68. The van der Waals surface area contributed by atoms with E-state index in [1.165, 1.54) is 24.3 Å². The molecule has 148 valence electrons. The SMILES string of the molecule is NC(=O)c1nc(Nc2cccnc2)sc1NC(=O)c1ccc(NC(=O)CO)cc1. The first-order valence-electron chi connectivity index (χ1n) is 8.26. The summed E-state index contributed by atoms with van der Waals surface area (Å²) in [5, 5.41) is 17.4. The van der Waals surface area contributed by atoms with Gasteiger partial charge < -0.3 is 26.8 Å². The Morgan fingerprint density at radius 1 is 1.07 bits per heavy atom. The minimum atomic E-state index is -0.780. The zero-order valence-electron chi connectivity index (χ0n) is 14.9. The van der Waals surface area contributed by atoms with Crippen molar-refractivity contribution >= 4 is 50.6 Å². The van der Waals surface area contributed by atoms with Crippen LogP contribution in [0.15, 0.2) is 48.8 Å². The number of pyridine rings is 1. The topological polar surface area (TPSA) is 159 Å². The maximum Gasteiger partial charge on any atom is 0.270 e. The third-order valence-corrected chi connectivity index (χ3v) is 4.46. The van der Waals surface area contributed by atoms with E-state index in [2.05, 4.69) is 25.9 Å². The Balaban J connectivity index is 1.75. The van der Waals surface area contributed by atoms with Gasteiger partial charge in [-0.3, -0.25) is 19.4 Å². The first-order chi connectivity index (χ1) is 14.0. The van der Waals surface area contributed by atoms with Gasteiger partial charge in [-0.1, -0.05) is 11.3 Å². The second-order valence-electron chi connectivity index (χ2n) is 5.67. The van der Waals surface area contributed by atoms with Crippen LogP contribution in [-0.4, -0.2) is 39.4 Å². The van der Waals surface area contributed by atoms with Crippen molar-refractivity contribution in [3.05, 3.63) is 60.0 Å². The molecule has 3 aromatic rings. The molecule has 3 amide bonds. The molecule has 0 aliphatic rings. The Labute approximate surface area is 168 Å². The molecule has 2 heterocycles. The maximum absolute atomic E-state index is 12.5. The van der Waals surface area contributed by atoms with Crippen molar-refractivity contribution in [3.8, 4) is 0 Å². The average molecular weight is 412 g/mol. The lowest BCUT2D eigenvalue weighted by Gasteiger charge is -2.06. The molecule has 2 aromatic heterocycles. The van der Waals surface area contributed by atoms with E-state index in [4.69, 9.17) is 10.8 Å². The number of hydrogen-bond acceptors (Lipinski definition) is 8. The number of nitrogens with zero attached hydrogens (tertiary/aromatic N) is 2. The van der Waals surface area contributed by atoms with E-state index in [1.807, 2.05) is 0 Å². The fourth-order valence-electron chi connectivity index (χ4n) is 2.27. The minimum absolute atomic E-state index is 0.0680. The summed E-state index contributed by atoms with van der Waals surface area (Å²) in [7, 11) is 0. The van der Waals surface area contributed by atoms with Gasteiger partial charge in [0.15, 0.2) is 10.8 Å². The van der Waals surface area contributed by atoms with Crippen molar-refractivity contribution in [1.82, 2.24) is 9.97 Å². The molecule has 11 heteroatoms. The molecule has 29 heavy (non-hydrogen) atoms. The van der Waals surface area contributed by atoms with E-state index < -0.39 is 24.3 Å². The molecule has 0 radical (unpaired) electrons. The maximum atomic E-state index is 12.5. The van der Waals surface area contributed by atoms with Gasteiger partial charge in [0.1, 0.15) is 11.6 Å². The Bertz CT molecular complexity index is 1040. The largest absolute Gasteiger partial charge is 0.387 e. The molecule has 0 bridgehead atoms. The number of anilines is 4. The van der Waals surface area contributed by atoms with Gasteiger partial charge in [-0.15, -0.1) is 0 Å². The number of carbonyl (C=O) groups excluding carboxylic acids is 3. The van der Waals surface area contributed by atoms with Crippen LogP contribution >= 0.6 is 11.3 Å². The fourth-order valence-corrected chi connectivity index (χ4v) is 3.15. The highest BCUT2D eigenvalue weighted by Gasteiger charge is 2.19. The van der Waals surface area contributed by atoms with Gasteiger partial charge in [0.25, 0.3) is 11.8 Å². The summed E-state index contributed by atoms with van der Waals surface area (Å²) in [6.07, 6.45) is 3.20. The number of aliphatic hydroxyl groups excluding tert-OH is 1. The molecule has 0 aliphatic heterocycles. The number of aliphatic hydroxyl groups is 1. The number of thiazole rings is 1. The number of nitrogens with two attached hydrogens (primary N) is 1. The fraction of sp³-hybridized carbons (Fsp3) is 0.0556. The van der Waals surface area contributed by atoms with Crippen molar-refractivity contribution in [2.45, 2.75) is 0 Å². The lowest BCUT2D eigenvalue weighted by molar-refractivity contribution is -0.118. The van der Waals surface area contributed by atoms with Crippen molar-refractivity contribution in [2.24, 2.45) is 5.73 Å². The quantitative estimate of drug-likeness (QED) is 0.394. The molecule has 3 rings (SSSR count). The van der Waals surface area contributed by atoms with E-state index in [-0.39, 0.29) is 16.3 Å². The number of nitrogens with one attached hydrogen (secondary N) is 3. The zero-order chi connectivity index (χ0) is 20.8. The van der Waals surface area contributed by atoms with Gasteiger partial charge in [0.2, 0.25) is 5.91 Å². The highest BCUT2D eigenvalue weighted by atomic mass is 32.1. The van der Waals surface area contributed by atoms with Crippen LogP contribution in [-0.2, 0) is 4.79 Å². The van der Waals surface area contributed by atoms with Gasteiger partial charge in [0, 0.05) is 17.4 Å². The van der Waals surface area contributed by atoms with Crippen LogP contribution in [0.2, 0.25) is 0 Å². The summed E-state index contributed by atoms with van der Waals surface area (Å²) in [4.78, 5) is 43.5. The molecule has 6 N–H and O–H groups in total. The first kappa shape index (κ1) is 19.9. The average Bonchev–Trinajstić information content (AvgIpc) is 3.11. The van der Waals surface area contributed by atoms with Crippen molar-refractivity contribution in [1.29, 1.82) is 0 Å². The number of primary amides is 1. The summed E-state index contributed by atoms with van der Waals surface area (Å²) in [6.45, 7) is -0.640. The number of hydrogen-bond donors (Lipinski definition) is 5. The molecule has 0 atom stereocenters. The van der Waals surface area contributed by atoms with Crippen LogP contribution in [0.5, 0.6) is 0 Å². The summed E-state index contributed by atoms with van der Waals surface area (Å²) < 4.78 is 0. The van der Waals surface area contributed by atoms with Crippen LogP contribution in [0, 0.1) is 0 Å². The first-order valence-corrected chi connectivity index (χ1v) is 9.07. The van der Waals surface area contributed by atoms with Crippen LogP contribution in [0.1, 0.15) is 20.8 Å². The Morgan fingerprint density at radius 2 is 1.83 bits per heavy atom. The Kier molecular flexibility index (Phi) is 6.12. The molecule has 0 saturated carbocycles.